The summed E-state index contributed by atoms with van der Waals surface area (Å²) < 4.78 is 2.34. The van der Waals surface area contributed by atoms with Gasteiger partial charge < -0.3 is 4.90 Å². The highest BCUT2D eigenvalue weighted by Crippen LogP contribution is 2.50. The zero-order valence-electron chi connectivity index (χ0n) is 26.0. The Labute approximate surface area is 272 Å². The van der Waals surface area contributed by atoms with Gasteiger partial charge in [-0.3, -0.25) is 0 Å². The van der Waals surface area contributed by atoms with Crippen molar-refractivity contribution in [3.8, 4) is 33.5 Å². The lowest BCUT2D eigenvalue weighted by Gasteiger charge is -2.24. The Morgan fingerprint density at radius 3 is 2.09 bits per heavy atom. The Hall–Kier alpha value is -5.32. The topological polar surface area (TPSA) is 29.0 Å². The molecule has 220 valence electrons. The lowest BCUT2D eigenvalue weighted by molar-refractivity contribution is 0.660. The molecule has 8 aromatic rings. The summed E-state index contributed by atoms with van der Waals surface area (Å²) in [7, 11) is 2.09. The molecule has 2 aromatic heterocycles. The van der Waals surface area contributed by atoms with Crippen LogP contribution in [0.2, 0.25) is 0 Å². The number of thiophene rings is 1. The maximum absolute atomic E-state index is 5.30. The van der Waals surface area contributed by atoms with Gasteiger partial charge in [-0.05, 0) is 62.9 Å². The van der Waals surface area contributed by atoms with Gasteiger partial charge in [0.2, 0.25) is 5.95 Å². The summed E-state index contributed by atoms with van der Waals surface area (Å²) in [4.78, 5) is 12.7. The van der Waals surface area contributed by atoms with Crippen LogP contribution in [0.1, 0.15) is 25.0 Å². The summed E-state index contributed by atoms with van der Waals surface area (Å²) >= 11 is 1.78. The average Bonchev–Trinajstić information content (AvgIpc) is 3.57. The number of nitrogens with zero attached hydrogens (tertiary/aromatic N) is 3. The number of anilines is 2. The van der Waals surface area contributed by atoms with Crippen LogP contribution in [0, 0.1) is 0 Å². The van der Waals surface area contributed by atoms with Gasteiger partial charge in [0.25, 0.3) is 0 Å². The second kappa shape index (κ2) is 10.1. The van der Waals surface area contributed by atoms with Crippen molar-refractivity contribution in [3.05, 3.63) is 145 Å². The van der Waals surface area contributed by atoms with Crippen molar-refractivity contribution in [2.24, 2.45) is 0 Å². The van der Waals surface area contributed by atoms with E-state index in [-0.39, 0.29) is 5.41 Å². The molecule has 0 aliphatic heterocycles. The predicted octanol–water partition coefficient (Wildman–Crippen LogP) is 11.4. The van der Waals surface area contributed by atoms with E-state index in [9.17, 15) is 0 Å². The molecule has 0 N–H and O–H groups in total. The molecular formula is C42H31N3S. The van der Waals surface area contributed by atoms with Crippen LogP contribution in [0.15, 0.2) is 133 Å². The van der Waals surface area contributed by atoms with Crippen LogP contribution in [-0.2, 0) is 5.41 Å². The normalized spacial score (nSPS) is 13.3. The van der Waals surface area contributed by atoms with Gasteiger partial charge in [-0.15, -0.1) is 11.3 Å². The highest BCUT2D eigenvalue weighted by atomic mass is 32.1. The predicted molar refractivity (Wildman–Crippen MR) is 195 cm³/mol. The Bertz CT molecular complexity index is 2470. The summed E-state index contributed by atoms with van der Waals surface area (Å²) in [5, 5.41) is 3.63. The molecule has 0 unspecified atom stereocenters. The van der Waals surface area contributed by atoms with Gasteiger partial charge in [-0.1, -0.05) is 123 Å². The number of aromatic nitrogens is 2. The molecular weight excluding hydrogens is 579 g/mol. The monoisotopic (exact) mass is 609 g/mol. The molecule has 1 aliphatic rings. The molecule has 0 spiro atoms. The number of hydrogen-bond donors (Lipinski definition) is 0. The highest BCUT2D eigenvalue weighted by molar-refractivity contribution is 7.26. The minimum atomic E-state index is -0.0638. The van der Waals surface area contributed by atoms with Gasteiger partial charge in [-0.2, -0.15) is 0 Å². The molecule has 0 fully saturated rings. The third-order valence-electron chi connectivity index (χ3n) is 9.68. The molecule has 0 bridgehead atoms. The SMILES string of the molecule is CN(c1nc(-c2ccccc2)c2sc3cc4ccccc4cc3c2n1)c1ccccc1-c1ccc2c(c1)C(C)(C)c1ccccc1-2. The number of hydrogen-bond acceptors (Lipinski definition) is 4. The van der Waals surface area contributed by atoms with Crippen LogP contribution in [-0.4, -0.2) is 17.0 Å². The molecule has 1 aliphatic carbocycles. The zero-order chi connectivity index (χ0) is 31.0. The van der Waals surface area contributed by atoms with Gasteiger partial charge >= 0.3 is 0 Å². The minimum Gasteiger partial charge on any atom is -0.313 e. The van der Waals surface area contributed by atoms with Crippen molar-refractivity contribution < 1.29 is 0 Å². The average molecular weight is 610 g/mol. The van der Waals surface area contributed by atoms with E-state index >= 15 is 0 Å². The first kappa shape index (κ1) is 27.0. The number of benzene rings is 6. The molecule has 0 atom stereocenters. The van der Waals surface area contributed by atoms with Crippen LogP contribution in [0.4, 0.5) is 11.6 Å². The number of para-hydroxylation sites is 1. The standard InChI is InChI=1S/C42H31N3S/c1-42(2)34-19-11-9-18-31(34)32-22-21-29(24-35(32)42)30-17-10-12-20-36(30)45(3)41-43-38(26-13-5-4-6-14-26)40-39(44-41)33-23-27-15-7-8-16-28(27)25-37(33)46-40/h4-25H,1-3H3. The van der Waals surface area contributed by atoms with Crippen molar-refractivity contribution >= 4 is 54.0 Å². The lowest BCUT2D eigenvalue weighted by Crippen LogP contribution is -2.16. The van der Waals surface area contributed by atoms with Gasteiger partial charge in [0.1, 0.15) is 0 Å². The van der Waals surface area contributed by atoms with Crippen molar-refractivity contribution in [2.75, 3.05) is 11.9 Å². The number of fused-ring (bicyclic) bond motifs is 7. The molecule has 0 amide bonds. The first-order chi connectivity index (χ1) is 22.5. The fourth-order valence-corrected chi connectivity index (χ4v) is 8.43. The molecule has 3 nitrogen and oxygen atoms in total. The van der Waals surface area contributed by atoms with Crippen LogP contribution < -0.4 is 4.90 Å². The van der Waals surface area contributed by atoms with E-state index in [1.54, 1.807) is 11.3 Å². The van der Waals surface area contributed by atoms with Gasteiger partial charge in [0.05, 0.1) is 21.6 Å². The fraction of sp³-hybridized carbons (Fsp3) is 0.0952. The lowest BCUT2D eigenvalue weighted by atomic mass is 9.81. The van der Waals surface area contributed by atoms with E-state index in [4.69, 9.17) is 9.97 Å². The molecule has 0 saturated carbocycles. The molecule has 0 saturated heterocycles. The van der Waals surface area contributed by atoms with E-state index in [2.05, 4.69) is 159 Å². The summed E-state index contributed by atoms with van der Waals surface area (Å²) in [6.07, 6.45) is 0. The van der Waals surface area contributed by atoms with Crippen LogP contribution >= 0.6 is 11.3 Å². The van der Waals surface area contributed by atoms with Crippen molar-refractivity contribution in [2.45, 2.75) is 19.3 Å². The second-order valence-corrected chi connectivity index (χ2v) is 13.8. The van der Waals surface area contributed by atoms with Crippen LogP contribution in [0.25, 0.3) is 64.6 Å². The Morgan fingerprint density at radius 1 is 0.587 bits per heavy atom. The van der Waals surface area contributed by atoms with E-state index in [1.807, 2.05) is 0 Å². The third-order valence-corrected chi connectivity index (χ3v) is 10.8. The minimum absolute atomic E-state index is 0.0638. The maximum atomic E-state index is 5.30. The van der Waals surface area contributed by atoms with Gasteiger partial charge in [0, 0.05) is 33.7 Å². The number of rotatable bonds is 4. The van der Waals surface area contributed by atoms with Crippen LogP contribution in [0.3, 0.4) is 0 Å². The fourth-order valence-electron chi connectivity index (χ4n) is 7.25. The molecule has 6 aromatic carbocycles. The van der Waals surface area contributed by atoms with Crippen molar-refractivity contribution in [1.82, 2.24) is 9.97 Å². The van der Waals surface area contributed by atoms with E-state index in [0.29, 0.717) is 5.95 Å². The molecule has 2 heterocycles. The third kappa shape index (κ3) is 4.03. The first-order valence-electron chi connectivity index (χ1n) is 15.7. The van der Waals surface area contributed by atoms with Crippen LogP contribution in [0.5, 0.6) is 0 Å². The van der Waals surface area contributed by atoms with E-state index in [0.717, 1.165) is 32.7 Å². The quantitative estimate of drug-likeness (QED) is 0.199. The Morgan fingerprint density at radius 2 is 1.26 bits per heavy atom. The van der Waals surface area contributed by atoms with Crippen molar-refractivity contribution in [1.29, 1.82) is 0 Å². The molecule has 4 heteroatoms. The molecule has 9 rings (SSSR count). The maximum Gasteiger partial charge on any atom is 0.230 e. The highest BCUT2D eigenvalue weighted by Gasteiger charge is 2.35. The Balaban J connectivity index is 1.22. The van der Waals surface area contributed by atoms with E-state index < -0.39 is 0 Å². The smallest absolute Gasteiger partial charge is 0.230 e. The largest absolute Gasteiger partial charge is 0.313 e. The summed E-state index contributed by atoms with van der Waals surface area (Å²) in [6.45, 7) is 4.67. The van der Waals surface area contributed by atoms with Gasteiger partial charge in [-0.25, -0.2) is 9.97 Å². The Kier molecular flexibility index (Phi) is 5.93. The zero-order valence-corrected chi connectivity index (χ0v) is 26.8. The molecule has 46 heavy (non-hydrogen) atoms. The van der Waals surface area contributed by atoms with Crippen molar-refractivity contribution in [3.63, 3.8) is 0 Å². The van der Waals surface area contributed by atoms with E-state index in [1.165, 1.54) is 48.7 Å². The first-order valence-corrected chi connectivity index (χ1v) is 16.5. The summed E-state index contributed by atoms with van der Waals surface area (Å²) in [5.74, 6) is 0.681. The summed E-state index contributed by atoms with van der Waals surface area (Å²) in [5.41, 5.74) is 11.8. The summed E-state index contributed by atoms with van der Waals surface area (Å²) in [6, 6.07) is 48.0. The van der Waals surface area contributed by atoms with Gasteiger partial charge in [0.15, 0.2) is 0 Å². The molecule has 0 radical (unpaired) electrons. The second-order valence-electron chi connectivity index (χ2n) is 12.7.